The molecule has 14 heavy (non-hydrogen) atoms. The van der Waals surface area contributed by atoms with E-state index in [-0.39, 0.29) is 12.1 Å². The lowest BCUT2D eigenvalue weighted by Crippen LogP contribution is -2.29. The molecule has 4 nitrogen and oxygen atoms in total. The van der Waals surface area contributed by atoms with Crippen LogP contribution in [0.3, 0.4) is 0 Å². The molecule has 1 aliphatic heterocycles. The average molecular weight is 200 g/mol. The summed E-state index contributed by atoms with van der Waals surface area (Å²) in [4.78, 5) is 11.0. The minimum absolute atomic E-state index is 0.131. The molecule has 0 aromatic heterocycles. The predicted octanol–water partition coefficient (Wildman–Crippen LogP) is 1.09. The minimum Gasteiger partial charge on any atom is -0.469 e. The number of hydrogen-bond acceptors (Lipinski definition) is 4. The van der Waals surface area contributed by atoms with Gasteiger partial charge in [0, 0.05) is 5.92 Å². The van der Waals surface area contributed by atoms with Crippen molar-refractivity contribution in [1.29, 1.82) is 0 Å². The van der Waals surface area contributed by atoms with Crippen LogP contribution in [-0.4, -0.2) is 31.6 Å². The molecule has 0 amide bonds. The van der Waals surface area contributed by atoms with Crippen LogP contribution in [0.1, 0.15) is 26.2 Å². The second kappa shape index (κ2) is 3.51. The van der Waals surface area contributed by atoms with Gasteiger partial charge in [-0.15, -0.1) is 0 Å². The summed E-state index contributed by atoms with van der Waals surface area (Å²) in [5.41, 5.74) is 0. The second-order valence-corrected chi connectivity index (χ2v) is 4.12. The highest BCUT2D eigenvalue weighted by atomic mass is 16.7. The van der Waals surface area contributed by atoms with Crippen molar-refractivity contribution in [2.45, 2.75) is 38.1 Å². The van der Waals surface area contributed by atoms with Crippen molar-refractivity contribution in [1.82, 2.24) is 0 Å². The number of esters is 1. The van der Waals surface area contributed by atoms with Gasteiger partial charge >= 0.3 is 5.97 Å². The van der Waals surface area contributed by atoms with E-state index < -0.39 is 5.79 Å². The van der Waals surface area contributed by atoms with E-state index >= 15 is 0 Å². The van der Waals surface area contributed by atoms with Crippen molar-refractivity contribution in [3.63, 3.8) is 0 Å². The fourth-order valence-electron chi connectivity index (χ4n) is 1.85. The Labute approximate surface area is 83.5 Å². The Bertz CT molecular complexity index is 236. The van der Waals surface area contributed by atoms with E-state index in [0.29, 0.717) is 18.9 Å². The molecule has 2 rings (SSSR count). The zero-order valence-corrected chi connectivity index (χ0v) is 8.62. The van der Waals surface area contributed by atoms with E-state index in [4.69, 9.17) is 9.47 Å². The lowest BCUT2D eigenvalue weighted by atomic mass is 10.2. The lowest BCUT2D eigenvalue weighted by molar-refractivity contribution is -0.172. The van der Waals surface area contributed by atoms with Gasteiger partial charge in [0.25, 0.3) is 0 Å². The zero-order chi connectivity index (χ0) is 10.2. The fourth-order valence-corrected chi connectivity index (χ4v) is 1.85. The van der Waals surface area contributed by atoms with Gasteiger partial charge in [-0.3, -0.25) is 4.79 Å². The summed E-state index contributed by atoms with van der Waals surface area (Å²) in [6.45, 7) is 2.46. The first kappa shape index (κ1) is 9.93. The van der Waals surface area contributed by atoms with Gasteiger partial charge in [-0.1, -0.05) is 0 Å². The van der Waals surface area contributed by atoms with Gasteiger partial charge in [-0.25, -0.2) is 0 Å². The molecule has 1 saturated heterocycles. The molecule has 80 valence electrons. The van der Waals surface area contributed by atoms with Gasteiger partial charge in [0.2, 0.25) is 0 Å². The molecule has 0 aromatic carbocycles. The Balaban J connectivity index is 1.84. The van der Waals surface area contributed by atoms with Gasteiger partial charge in [0.1, 0.15) is 0 Å². The largest absolute Gasteiger partial charge is 0.469 e. The molecule has 2 unspecified atom stereocenters. The summed E-state index contributed by atoms with van der Waals surface area (Å²) in [6.07, 6.45) is 2.50. The molecule has 1 heterocycles. The lowest BCUT2D eigenvalue weighted by Gasteiger charge is -2.22. The molecule has 1 saturated carbocycles. The van der Waals surface area contributed by atoms with Crippen LogP contribution in [0, 0.1) is 5.92 Å². The number of carbonyl (C=O) groups excluding carboxylic acids is 1. The fraction of sp³-hybridized carbons (Fsp3) is 0.900. The van der Waals surface area contributed by atoms with Crippen molar-refractivity contribution >= 4 is 5.97 Å². The second-order valence-electron chi connectivity index (χ2n) is 4.12. The number of methoxy groups -OCH3 is 1. The van der Waals surface area contributed by atoms with Crippen molar-refractivity contribution in [3.05, 3.63) is 0 Å². The third-order valence-electron chi connectivity index (χ3n) is 2.90. The summed E-state index contributed by atoms with van der Waals surface area (Å²) >= 11 is 0. The van der Waals surface area contributed by atoms with Crippen LogP contribution in [-0.2, 0) is 19.0 Å². The summed E-state index contributed by atoms with van der Waals surface area (Å²) in [7, 11) is 1.39. The monoisotopic (exact) mass is 200 g/mol. The standard InChI is InChI=1S/C10H16O4/c1-10(7-3-4-7)13-6-8(14-10)5-9(11)12-2/h7-8H,3-6H2,1-2H3. The molecule has 2 fully saturated rings. The maximum atomic E-state index is 11.0. The number of ether oxygens (including phenoxy) is 3. The van der Waals surface area contributed by atoms with Crippen LogP contribution in [0.25, 0.3) is 0 Å². The quantitative estimate of drug-likeness (QED) is 0.640. The Morgan fingerprint density at radius 1 is 1.57 bits per heavy atom. The zero-order valence-electron chi connectivity index (χ0n) is 8.62. The van der Waals surface area contributed by atoms with Crippen molar-refractivity contribution in [3.8, 4) is 0 Å². The summed E-state index contributed by atoms with van der Waals surface area (Å²) in [5.74, 6) is -0.164. The molecule has 1 aliphatic carbocycles. The van der Waals surface area contributed by atoms with Crippen molar-refractivity contribution < 1.29 is 19.0 Å². The van der Waals surface area contributed by atoms with Gasteiger partial charge in [-0.05, 0) is 19.8 Å². The maximum absolute atomic E-state index is 11.0. The average Bonchev–Trinajstić information content (AvgIpc) is 2.94. The SMILES string of the molecule is COC(=O)CC1COC(C)(C2CC2)O1. The summed E-state index contributed by atoms with van der Waals surface area (Å²) in [5, 5.41) is 0. The van der Waals surface area contributed by atoms with Crippen LogP contribution < -0.4 is 0 Å². The molecule has 0 aromatic rings. The molecule has 0 radical (unpaired) electrons. The van der Waals surface area contributed by atoms with E-state index in [1.807, 2.05) is 6.92 Å². The molecule has 0 bridgehead atoms. The van der Waals surface area contributed by atoms with E-state index in [0.717, 1.165) is 0 Å². The highest BCUT2D eigenvalue weighted by Gasteiger charge is 2.49. The topological polar surface area (TPSA) is 44.8 Å². The third-order valence-corrected chi connectivity index (χ3v) is 2.90. The number of rotatable bonds is 3. The van der Waals surface area contributed by atoms with E-state index in [1.165, 1.54) is 20.0 Å². The Morgan fingerprint density at radius 3 is 2.86 bits per heavy atom. The highest BCUT2D eigenvalue weighted by molar-refractivity contribution is 5.69. The van der Waals surface area contributed by atoms with Crippen LogP contribution in [0.5, 0.6) is 0 Å². The predicted molar refractivity (Wildman–Crippen MR) is 48.6 cm³/mol. The van der Waals surface area contributed by atoms with Gasteiger partial charge in [0.05, 0.1) is 26.2 Å². The van der Waals surface area contributed by atoms with Crippen molar-refractivity contribution in [2.24, 2.45) is 5.92 Å². The highest BCUT2D eigenvalue weighted by Crippen LogP contribution is 2.45. The first-order chi connectivity index (χ1) is 6.64. The van der Waals surface area contributed by atoms with E-state index in [9.17, 15) is 4.79 Å². The first-order valence-corrected chi connectivity index (χ1v) is 5.02. The molecule has 0 N–H and O–H groups in total. The van der Waals surface area contributed by atoms with E-state index in [1.54, 1.807) is 0 Å². The van der Waals surface area contributed by atoms with Gasteiger partial charge < -0.3 is 14.2 Å². The first-order valence-electron chi connectivity index (χ1n) is 5.02. The normalized spacial score (nSPS) is 37.1. The molecule has 2 atom stereocenters. The molecule has 4 heteroatoms. The van der Waals surface area contributed by atoms with Crippen LogP contribution in [0.15, 0.2) is 0 Å². The summed E-state index contributed by atoms with van der Waals surface area (Å²) < 4.78 is 15.9. The van der Waals surface area contributed by atoms with Crippen LogP contribution >= 0.6 is 0 Å². The molecular formula is C10H16O4. The Hall–Kier alpha value is -0.610. The number of carbonyl (C=O) groups is 1. The molecular weight excluding hydrogens is 184 g/mol. The van der Waals surface area contributed by atoms with Crippen LogP contribution in [0.2, 0.25) is 0 Å². The smallest absolute Gasteiger partial charge is 0.308 e. The minimum atomic E-state index is -0.446. The summed E-state index contributed by atoms with van der Waals surface area (Å²) in [6, 6.07) is 0. The Morgan fingerprint density at radius 2 is 2.29 bits per heavy atom. The molecule has 2 aliphatic rings. The number of hydrogen-bond donors (Lipinski definition) is 0. The van der Waals surface area contributed by atoms with Gasteiger partial charge in [-0.2, -0.15) is 0 Å². The van der Waals surface area contributed by atoms with Crippen LogP contribution in [0.4, 0.5) is 0 Å². The van der Waals surface area contributed by atoms with Crippen molar-refractivity contribution in [2.75, 3.05) is 13.7 Å². The third kappa shape index (κ3) is 1.91. The van der Waals surface area contributed by atoms with Gasteiger partial charge in [0.15, 0.2) is 5.79 Å². The Kier molecular flexibility index (Phi) is 2.49. The molecule has 0 spiro atoms. The maximum Gasteiger partial charge on any atom is 0.308 e. The van der Waals surface area contributed by atoms with E-state index in [2.05, 4.69) is 4.74 Å².